The fourth-order valence-electron chi connectivity index (χ4n) is 6.24. The van der Waals surface area contributed by atoms with Gasteiger partial charge in [-0.2, -0.15) is 0 Å². The van der Waals surface area contributed by atoms with Gasteiger partial charge in [0.2, 0.25) is 0 Å². The predicted molar refractivity (Wildman–Crippen MR) is 236 cm³/mol. The van der Waals surface area contributed by atoms with Crippen LogP contribution in [0.4, 0.5) is 0 Å². The molecule has 0 N–H and O–H groups in total. The fourth-order valence-corrected chi connectivity index (χ4v) is 12.4. The van der Waals surface area contributed by atoms with Crippen LogP contribution in [0.3, 0.4) is 0 Å². The molecule has 0 spiro atoms. The van der Waals surface area contributed by atoms with Crippen LogP contribution in [0.2, 0.25) is 0 Å². The summed E-state index contributed by atoms with van der Waals surface area (Å²) in [6.45, 7) is 12.8. The van der Waals surface area contributed by atoms with E-state index in [1.54, 1.807) is 164 Å². The molecule has 0 amide bonds. The molecule has 0 aliphatic carbocycles. The third-order valence-corrected chi connectivity index (χ3v) is 16.5. The van der Waals surface area contributed by atoms with Crippen molar-refractivity contribution in [3.05, 3.63) is 237 Å². The smallest absolute Gasteiger partial charge is 0.306 e. The maximum Gasteiger partial charge on any atom is 0.306 e. The van der Waals surface area contributed by atoms with E-state index in [0.717, 1.165) is 0 Å². The molecule has 0 unspecified atom stereocenters. The van der Waals surface area contributed by atoms with Crippen molar-refractivity contribution in [3.8, 4) is 0 Å². The molecule has 9 heteroatoms. The van der Waals surface area contributed by atoms with Gasteiger partial charge in [0.1, 0.15) is 17.3 Å². The van der Waals surface area contributed by atoms with Gasteiger partial charge in [-0.25, -0.2) is 0 Å². The minimum atomic E-state index is -3.75. The molecular formula is C48H39O6P3. The molecule has 0 atom stereocenters. The predicted octanol–water partition coefficient (Wildman–Crippen LogP) is 10.4. The molecule has 7 aromatic carbocycles. The van der Waals surface area contributed by atoms with Crippen LogP contribution in [0, 0.1) is 0 Å². The summed E-state index contributed by atoms with van der Waals surface area (Å²) in [5.74, 6) is 0.204. The molecule has 0 aliphatic rings. The molecule has 0 saturated heterocycles. The normalized spacial score (nSPS) is 11.6. The highest BCUT2D eigenvalue weighted by Crippen LogP contribution is 2.52. The molecule has 0 aliphatic heterocycles. The second kappa shape index (κ2) is 16.9. The first-order valence-electron chi connectivity index (χ1n) is 18.1. The summed E-state index contributed by atoms with van der Waals surface area (Å²) in [6, 6.07) is 58.8. The van der Waals surface area contributed by atoms with Crippen molar-refractivity contribution < 1.29 is 27.3 Å². The van der Waals surface area contributed by atoms with Gasteiger partial charge < -0.3 is 13.6 Å². The summed E-state index contributed by atoms with van der Waals surface area (Å²) < 4.78 is 64.4. The molecule has 0 fully saturated rings. The molecule has 0 aromatic heterocycles. The summed E-state index contributed by atoms with van der Waals surface area (Å²) in [6.07, 6.45) is 0. The van der Waals surface area contributed by atoms with E-state index in [-0.39, 0.29) is 17.3 Å². The van der Waals surface area contributed by atoms with E-state index in [9.17, 15) is 13.7 Å². The van der Waals surface area contributed by atoms with Gasteiger partial charge in [0.25, 0.3) is 0 Å². The zero-order valence-corrected chi connectivity index (χ0v) is 33.6. The summed E-state index contributed by atoms with van der Waals surface area (Å²) in [7, 11) is -11.2. The van der Waals surface area contributed by atoms with Crippen LogP contribution in [-0.4, -0.2) is 0 Å². The zero-order chi connectivity index (χ0) is 39.9. The molecule has 6 nitrogen and oxygen atoms in total. The SMILES string of the molecule is C=C(OP(=O)(c1ccccc1)c1ccccc1)c1cc(C(=C)OP(=O)(c2ccccc2)c2ccccc2)cc(C(=C)OP(=O)(c2ccccc2)c2ccccc2)c1. The maximum atomic E-state index is 15.0. The van der Waals surface area contributed by atoms with Crippen LogP contribution in [0.25, 0.3) is 17.3 Å². The summed E-state index contributed by atoms with van der Waals surface area (Å²) in [5, 5.41) is 2.88. The van der Waals surface area contributed by atoms with Crippen molar-refractivity contribution in [1.29, 1.82) is 0 Å². The van der Waals surface area contributed by atoms with Gasteiger partial charge >= 0.3 is 22.1 Å². The number of rotatable bonds is 15. The average molecular weight is 805 g/mol. The Morgan fingerprint density at radius 1 is 0.298 bits per heavy atom. The van der Waals surface area contributed by atoms with E-state index in [1.807, 2.05) is 36.4 Å². The molecule has 282 valence electrons. The lowest BCUT2D eigenvalue weighted by molar-refractivity contribution is 0.481. The first-order chi connectivity index (χ1) is 27.6. The largest absolute Gasteiger partial charge is 0.437 e. The molecule has 0 heterocycles. The van der Waals surface area contributed by atoms with Crippen LogP contribution in [-0.2, 0) is 27.3 Å². The molecule has 0 radical (unpaired) electrons. The van der Waals surface area contributed by atoms with Gasteiger partial charge in [0.05, 0.1) is 31.8 Å². The highest BCUT2D eigenvalue weighted by molar-refractivity contribution is 7.75. The first-order valence-corrected chi connectivity index (χ1v) is 22.9. The highest BCUT2D eigenvalue weighted by atomic mass is 31.2. The topological polar surface area (TPSA) is 78.9 Å². The highest BCUT2D eigenvalue weighted by Gasteiger charge is 2.34. The maximum absolute atomic E-state index is 15.0. The Hall–Kier alpha value is -6.15. The summed E-state index contributed by atoms with van der Waals surface area (Å²) >= 11 is 0. The van der Waals surface area contributed by atoms with Gasteiger partial charge in [0, 0.05) is 16.7 Å². The molecule has 7 rings (SSSR count). The molecule has 7 aromatic rings. The van der Waals surface area contributed by atoms with Crippen LogP contribution in [0.5, 0.6) is 0 Å². The Bertz CT molecular complexity index is 2230. The van der Waals surface area contributed by atoms with Crippen molar-refractivity contribution in [1.82, 2.24) is 0 Å². The second-order valence-electron chi connectivity index (χ2n) is 13.0. The molecule has 57 heavy (non-hydrogen) atoms. The lowest BCUT2D eigenvalue weighted by atomic mass is 10.0. The van der Waals surface area contributed by atoms with Gasteiger partial charge in [-0.1, -0.05) is 129 Å². The summed E-state index contributed by atoms with van der Waals surface area (Å²) in [4.78, 5) is 0. The Kier molecular flexibility index (Phi) is 11.6. The van der Waals surface area contributed by atoms with Crippen molar-refractivity contribution in [3.63, 3.8) is 0 Å². The van der Waals surface area contributed by atoms with E-state index in [0.29, 0.717) is 48.5 Å². The monoisotopic (exact) mass is 804 g/mol. The number of hydrogen-bond donors (Lipinski definition) is 0. The molecule has 0 saturated carbocycles. The van der Waals surface area contributed by atoms with Gasteiger partial charge in [-0.05, 0) is 91.0 Å². The number of benzene rings is 7. The lowest BCUT2D eigenvalue weighted by Gasteiger charge is -2.25. The zero-order valence-electron chi connectivity index (χ0n) is 31.0. The van der Waals surface area contributed by atoms with Crippen molar-refractivity contribution in [2.24, 2.45) is 0 Å². The van der Waals surface area contributed by atoms with Crippen molar-refractivity contribution in [2.75, 3.05) is 0 Å². The average Bonchev–Trinajstić information content (AvgIpc) is 3.27. The van der Waals surface area contributed by atoms with Gasteiger partial charge in [-0.3, -0.25) is 13.7 Å². The Balaban J connectivity index is 1.33. The van der Waals surface area contributed by atoms with Crippen LogP contribution < -0.4 is 31.8 Å². The van der Waals surface area contributed by atoms with Crippen molar-refractivity contribution in [2.45, 2.75) is 0 Å². The Labute approximate surface area is 333 Å². The summed E-state index contributed by atoms with van der Waals surface area (Å²) in [5.41, 5.74) is 1.15. The molecule has 0 bridgehead atoms. The van der Waals surface area contributed by atoms with E-state index < -0.39 is 22.1 Å². The fraction of sp³-hybridized carbons (Fsp3) is 0. The van der Waals surface area contributed by atoms with Crippen LogP contribution in [0.15, 0.2) is 220 Å². The Morgan fingerprint density at radius 3 is 0.614 bits per heavy atom. The van der Waals surface area contributed by atoms with Crippen LogP contribution >= 0.6 is 22.1 Å². The Morgan fingerprint density at radius 2 is 0.456 bits per heavy atom. The van der Waals surface area contributed by atoms with Gasteiger partial charge in [0.15, 0.2) is 0 Å². The van der Waals surface area contributed by atoms with E-state index in [4.69, 9.17) is 13.6 Å². The second-order valence-corrected chi connectivity index (χ2v) is 20.0. The third kappa shape index (κ3) is 8.36. The van der Waals surface area contributed by atoms with E-state index in [1.165, 1.54) is 0 Å². The number of hydrogen-bond acceptors (Lipinski definition) is 6. The third-order valence-electron chi connectivity index (χ3n) is 9.19. The lowest BCUT2D eigenvalue weighted by Crippen LogP contribution is -2.18. The van der Waals surface area contributed by atoms with Crippen molar-refractivity contribution >= 4 is 71.2 Å². The minimum Gasteiger partial charge on any atom is -0.437 e. The van der Waals surface area contributed by atoms with E-state index in [2.05, 4.69) is 19.7 Å². The van der Waals surface area contributed by atoms with Crippen LogP contribution in [0.1, 0.15) is 16.7 Å². The van der Waals surface area contributed by atoms with Gasteiger partial charge in [-0.15, -0.1) is 0 Å². The standard InChI is InChI=1S/C48H39O6P3/c1-37(52-55(49,43-22-10-4-11-23-43)44-24-12-5-13-25-44)40-34-41(38(2)53-56(50,45-26-14-6-15-27-45)46-28-16-7-17-29-46)36-42(35-40)39(3)54-57(51,47-30-18-8-19-31-47)48-32-20-9-21-33-48/h4-36H,1-3H2. The first kappa shape index (κ1) is 39.1. The van der Waals surface area contributed by atoms with E-state index >= 15 is 0 Å². The molecular weight excluding hydrogens is 765 g/mol. The minimum absolute atomic E-state index is 0.0679. The quantitative estimate of drug-likeness (QED) is 0.0759.